The number of halogens is 1. The van der Waals surface area contributed by atoms with Gasteiger partial charge in [0.05, 0.1) is 23.8 Å². The second kappa shape index (κ2) is 10.1. The number of fused-ring (bicyclic) bond motifs is 1. The van der Waals surface area contributed by atoms with Crippen LogP contribution >= 0.6 is 11.6 Å². The van der Waals surface area contributed by atoms with E-state index in [1.165, 1.54) is 4.90 Å². The van der Waals surface area contributed by atoms with Gasteiger partial charge in [-0.3, -0.25) is 19.3 Å². The molecule has 172 valence electrons. The summed E-state index contributed by atoms with van der Waals surface area (Å²) in [6.45, 7) is 2.40. The molecule has 4 rings (SSSR count). The highest BCUT2D eigenvalue weighted by molar-refractivity contribution is 6.33. The number of H-pyrrole nitrogens is 1. The Kier molecular flexibility index (Phi) is 6.96. The van der Waals surface area contributed by atoms with E-state index in [1.54, 1.807) is 36.2 Å². The van der Waals surface area contributed by atoms with E-state index >= 15 is 0 Å². The topological polar surface area (TPSA) is 88.8 Å². The van der Waals surface area contributed by atoms with Gasteiger partial charge in [-0.2, -0.15) is 0 Å². The summed E-state index contributed by atoms with van der Waals surface area (Å²) in [5.74, 6) is -0.502. The third kappa shape index (κ3) is 5.53. The molecule has 0 saturated carbocycles. The van der Waals surface area contributed by atoms with Crippen LogP contribution in [0.3, 0.4) is 0 Å². The van der Waals surface area contributed by atoms with Gasteiger partial charge in [0, 0.05) is 44.1 Å². The van der Waals surface area contributed by atoms with E-state index in [0.29, 0.717) is 42.6 Å². The van der Waals surface area contributed by atoms with Gasteiger partial charge in [0.15, 0.2) is 0 Å². The Hall–Kier alpha value is -3.36. The van der Waals surface area contributed by atoms with Crippen LogP contribution in [0.15, 0.2) is 54.6 Å². The predicted octanol–water partition coefficient (Wildman–Crippen LogP) is 2.68. The van der Waals surface area contributed by atoms with Crippen LogP contribution in [0, 0.1) is 0 Å². The SMILES string of the molecule is CN(CC(=O)Nc1ccccc1Cl)C(=O)CN1CCN(C(=O)c2cc3ccccc3[nH]2)CC1. The first-order chi connectivity index (χ1) is 15.9. The van der Waals surface area contributed by atoms with Crippen LogP contribution in [0.25, 0.3) is 10.9 Å². The van der Waals surface area contributed by atoms with Crippen molar-refractivity contribution in [2.45, 2.75) is 0 Å². The lowest BCUT2D eigenvalue weighted by molar-refractivity contribution is -0.134. The van der Waals surface area contributed by atoms with Crippen molar-refractivity contribution in [1.29, 1.82) is 0 Å². The number of para-hydroxylation sites is 2. The summed E-state index contributed by atoms with van der Waals surface area (Å²) in [4.78, 5) is 46.1. The number of nitrogens with zero attached hydrogens (tertiary/aromatic N) is 3. The minimum Gasteiger partial charge on any atom is -0.351 e. The number of hydrogen-bond donors (Lipinski definition) is 2. The average Bonchev–Trinajstić information content (AvgIpc) is 3.25. The summed E-state index contributed by atoms with van der Waals surface area (Å²) in [7, 11) is 1.60. The van der Waals surface area contributed by atoms with Gasteiger partial charge in [-0.25, -0.2) is 0 Å². The summed E-state index contributed by atoms with van der Waals surface area (Å²) in [6, 6.07) is 16.6. The zero-order chi connectivity index (χ0) is 23.4. The largest absolute Gasteiger partial charge is 0.351 e. The minimum absolute atomic E-state index is 0.0365. The molecule has 33 heavy (non-hydrogen) atoms. The van der Waals surface area contributed by atoms with Crippen molar-refractivity contribution in [3.05, 3.63) is 65.3 Å². The molecule has 0 bridgehead atoms. The first kappa shape index (κ1) is 22.8. The molecule has 1 fully saturated rings. The highest BCUT2D eigenvalue weighted by Gasteiger charge is 2.25. The first-order valence-corrected chi connectivity index (χ1v) is 11.2. The molecule has 2 aromatic carbocycles. The molecule has 1 aliphatic rings. The van der Waals surface area contributed by atoms with Gasteiger partial charge in [0.25, 0.3) is 5.91 Å². The number of benzene rings is 2. The number of piperazine rings is 1. The summed E-state index contributed by atoms with van der Waals surface area (Å²) in [5.41, 5.74) is 2.03. The highest BCUT2D eigenvalue weighted by atomic mass is 35.5. The van der Waals surface area contributed by atoms with Gasteiger partial charge < -0.3 is 20.1 Å². The Morgan fingerprint density at radius 2 is 1.73 bits per heavy atom. The van der Waals surface area contributed by atoms with Gasteiger partial charge in [-0.1, -0.05) is 41.9 Å². The van der Waals surface area contributed by atoms with E-state index in [1.807, 2.05) is 35.2 Å². The predicted molar refractivity (Wildman–Crippen MR) is 128 cm³/mol. The number of aromatic amines is 1. The number of aromatic nitrogens is 1. The fourth-order valence-electron chi connectivity index (χ4n) is 3.84. The number of nitrogens with one attached hydrogen (secondary N) is 2. The lowest BCUT2D eigenvalue weighted by atomic mass is 10.2. The number of carbonyl (C=O) groups is 3. The molecule has 0 radical (unpaired) electrons. The molecular formula is C24H26ClN5O3. The Balaban J connectivity index is 1.24. The lowest BCUT2D eigenvalue weighted by Crippen LogP contribution is -2.51. The number of rotatable bonds is 6. The van der Waals surface area contributed by atoms with E-state index in [0.717, 1.165) is 10.9 Å². The summed E-state index contributed by atoms with van der Waals surface area (Å²) >= 11 is 6.06. The normalized spacial score (nSPS) is 14.3. The van der Waals surface area contributed by atoms with E-state index in [4.69, 9.17) is 11.6 Å². The Morgan fingerprint density at radius 3 is 2.45 bits per heavy atom. The molecule has 0 aliphatic carbocycles. The average molecular weight is 468 g/mol. The van der Waals surface area contributed by atoms with Crippen molar-refractivity contribution in [3.8, 4) is 0 Å². The zero-order valence-electron chi connectivity index (χ0n) is 18.4. The third-order valence-electron chi connectivity index (χ3n) is 5.73. The molecule has 0 unspecified atom stereocenters. The Labute approximate surface area is 197 Å². The van der Waals surface area contributed by atoms with Crippen LogP contribution < -0.4 is 5.32 Å². The van der Waals surface area contributed by atoms with Crippen molar-refractivity contribution in [3.63, 3.8) is 0 Å². The molecule has 8 nitrogen and oxygen atoms in total. The maximum Gasteiger partial charge on any atom is 0.270 e. The lowest BCUT2D eigenvalue weighted by Gasteiger charge is -2.34. The molecule has 9 heteroatoms. The number of carbonyl (C=O) groups excluding carboxylic acids is 3. The number of amides is 3. The maximum atomic E-state index is 12.8. The number of anilines is 1. The van der Waals surface area contributed by atoms with Gasteiger partial charge >= 0.3 is 0 Å². The van der Waals surface area contributed by atoms with Crippen LogP contribution in [0.5, 0.6) is 0 Å². The van der Waals surface area contributed by atoms with Crippen molar-refractivity contribution in [2.75, 3.05) is 51.6 Å². The van der Waals surface area contributed by atoms with Crippen LogP contribution in [0.4, 0.5) is 5.69 Å². The summed E-state index contributed by atoms with van der Waals surface area (Å²) < 4.78 is 0. The van der Waals surface area contributed by atoms with Crippen molar-refractivity contribution in [2.24, 2.45) is 0 Å². The van der Waals surface area contributed by atoms with Crippen molar-refractivity contribution >= 4 is 45.9 Å². The van der Waals surface area contributed by atoms with Crippen molar-refractivity contribution in [1.82, 2.24) is 19.7 Å². The quantitative estimate of drug-likeness (QED) is 0.583. The molecule has 2 N–H and O–H groups in total. The maximum absolute atomic E-state index is 12.8. The standard InChI is InChI=1S/C24H26ClN5O3/c1-28(15-22(31)27-20-9-5-3-7-18(20)25)23(32)16-29-10-12-30(13-11-29)24(33)21-14-17-6-2-4-8-19(17)26-21/h2-9,14,26H,10-13,15-16H2,1H3,(H,27,31). The molecule has 0 spiro atoms. The Bertz CT molecular complexity index is 1140. The smallest absolute Gasteiger partial charge is 0.270 e. The molecule has 2 heterocycles. The second-order valence-corrected chi connectivity index (χ2v) is 8.52. The fraction of sp³-hybridized carbons (Fsp3) is 0.292. The van der Waals surface area contributed by atoms with E-state index in [2.05, 4.69) is 10.3 Å². The van der Waals surface area contributed by atoms with E-state index in [9.17, 15) is 14.4 Å². The number of likely N-dealkylation sites (N-methyl/N-ethyl adjacent to an activating group) is 1. The van der Waals surface area contributed by atoms with Gasteiger partial charge in [0.2, 0.25) is 11.8 Å². The van der Waals surface area contributed by atoms with Crippen LogP contribution in [0.2, 0.25) is 5.02 Å². The van der Waals surface area contributed by atoms with E-state index in [-0.39, 0.29) is 30.8 Å². The van der Waals surface area contributed by atoms with Gasteiger partial charge in [-0.15, -0.1) is 0 Å². The molecule has 1 saturated heterocycles. The molecule has 3 aromatic rings. The van der Waals surface area contributed by atoms with Crippen LogP contribution in [-0.2, 0) is 9.59 Å². The second-order valence-electron chi connectivity index (χ2n) is 8.12. The summed E-state index contributed by atoms with van der Waals surface area (Å²) in [6.07, 6.45) is 0. The zero-order valence-corrected chi connectivity index (χ0v) is 19.1. The van der Waals surface area contributed by atoms with Gasteiger partial charge in [0.1, 0.15) is 5.69 Å². The molecule has 3 amide bonds. The highest BCUT2D eigenvalue weighted by Crippen LogP contribution is 2.20. The van der Waals surface area contributed by atoms with Crippen LogP contribution in [0.1, 0.15) is 10.5 Å². The Morgan fingerprint density at radius 1 is 1.03 bits per heavy atom. The first-order valence-electron chi connectivity index (χ1n) is 10.8. The monoisotopic (exact) mass is 467 g/mol. The van der Waals surface area contributed by atoms with Crippen LogP contribution in [-0.4, -0.2) is 83.7 Å². The summed E-state index contributed by atoms with van der Waals surface area (Å²) in [5, 5.41) is 4.17. The van der Waals surface area contributed by atoms with E-state index < -0.39 is 0 Å². The molecule has 1 aromatic heterocycles. The fourth-order valence-corrected chi connectivity index (χ4v) is 4.02. The minimum atomic E-state index is -0.312. The molecular weight excluding hydrogens is 442 g/mol. The third-order valence-corrected chi connectivity index (χ3v) is 6.06. The van der Waals surface area contributed by atoms with Gasteiger partial charge in [-0.05, 0) is 24.3 Å². The van der Waals surface area contributed by atoms with Crippen molar-refractivity contribution < 1.29 is 14.4 Å². The molecule has 1 aliphatic heterocycles. The molecule has 0 atom stereocenters. The number of hydrogen-bond acceptors (Lipinski definition) is 4.